The van der Waals surface area contributed by atoms with Gasteiger partial charge in [-0.1, -0.05) is 36.4 Å². The van der Waals surface area contributed by atoms with Gasteiger partial charge in [-0.3, -0.25) is 9.69 Å². The Morgan fingerprint density at radius 1 is 1.06 bits per heavy atom. The summed E-state index contributed by atoms with van der Waals surface area (Å²) in [4.78, 5) is 20.8. The molecule has 2 atom stereocenters. The van der Waals surface area contributed by atoms with E-state index >= 15 is 0 Å². The standard InChI is InChI=1S/C29H39FN4O/c1-32-16-5-7-25(32)21-31-27(20-22-9-11-24(30)12-10-22)28(35)34-18-14-29(15-19-34)26-8-4-3-6-23(26)13-17-33(29)2/h3-4,6,8-12,25,27,31H,5,7,13-21H2,1-2H3/t25?,27-/m1/s1. The monoisotopic (exact) mass is 478 g/mol. The number of carbonyl (C=O) groups is 1. The molecule has 1 amide bonds. The number of likely N-dealkylation sites (N-methyl/N-ethyl adjacent to an activating group) is 2. The molecule has 1 unspecified atom stereocenters. The Bertz CT molecular complexity index is 1020. The van der Waals surface area contributed by atoms with E-state index in [2.05, 4.69) is 58.4 Å². The molecule has 0 saturated carbocycles. The van der Waals surface area contributed by atoms with Crippen LogP contribution >= 0.6 is 0 Å². The van der Waals surface area contributed by atoms with E-state index in [0.717, 1.165) is 57.5 Å². The first-order valence-electron chi connectivity index (χ1n) is 13.2. The van der Waals surface area contributed by atoms with Crippen molar-refractivity contribution in [3.05, 3.63) is 71.0 Å². The summed E-state index contributed by atoms with van der Waals surface area (Å²) < 4.78 is 13.5. The Hall–Kier alpha value is -2.28. The summed E-state index contributed by atoms with van der Waals surface area (Å²) in [7, 11) is 4.41. The van der Waals surface area contributed by atoms with Crippen LogP contribution in [-0.2, 0) is 23.2 Å². The van der Waals surface area contributed by atoms with Crippen molar-refractivity contribution < 1.29 is 9.18 Å². The fourth-order valence-corrected chi connectivity index (χ4v) is 6.49. The summed E-state index contributed by atoms with van der Waals surface area (Å²) in [6, 6.07) is 15.6. The van der Waals surface area contributed by atoms with Crippen LogP contribution in [0.2, 0.25) is 0 Å². The number of likely N-dealkylation sites (tertiary alicyclic amines) is 2. The highest BCUT2D eigenvalue weighted by molar-refractivity contribution is 5.82. The second-order valence-corrected chi connectivity index (χ2v) is 10.8. The Balaban J connectivity index is 1.29. The molecule has 35 heavy (non-hydrogen) atoms. The lowest BCUT2D eigenvalue weighted by Gasteiger charge is -2.51. The Labute approximate surface area is 209 Å². The van der Waals surface area contributed by atoms with Gasteiger partial charge in [-0.15, -0.1) is 0 Å². The first-order chi connectivity index (χ1) is 17.0. The lowest BCUT2D eigenvalue weighted by atomic mass is 9.74. The molecule has 1 N–H and O–H groups in total. The maximum Gasteiger partial charge on any atom is 0.240 e. The van der Waals surface area contributed by atoms with Crippen LogP contribution in [0.5, 0.6) is 0 Å². The number of halogens is 1. The van der Waals surface area contributed by atoms with Crippen molar-refractivity contribution >= 4 is 5.91 Å². The van der Waals surface area contributed by atoms with Crippen LogP contribution in [0.3, 0.4) is 0 Å². The predicted molar refractivity (Wildman–Crippen MR) is 138 cm³/mol. The summed E-state index contributed by atoms with van der Waals surface area (Å²) in [6.07, 6.45) is 5.97. The van der Waals surface area contributed by atoms with Gasteiger partial charge in [0.05, 0.1) is 6.04 Å². The maximum atomic E-state index is 13.8. The SMILES string of the molecule is CN1CCCC1CN[C@H](Cc1ccc(F)cc1)C(=O)N1CCC2(CC1)c1ccccc1CCN2C. The van der Waals surface area contributed by atoms with Gasteiger partial charge in [0.2, 0.25) is 5.91 Å². The fourth-order valence-electron chi connectivity index (χ4n) is 6.49. The molecule has 1 spiro atoms. The van der Waals surface area contributed by atoms with E-state index in [1.54, 1.807) is 12.1 Å². The van der Waals surface area contributed by atoms with E-state index in [4.69, 9.17) is 0 Å². The molecule has 0 aliphatic carbocycles. The van der Waals surface area contributed by atoms with Crippen molar-refractivity contribution in [1.29, 1.82) is 0 Å². The van der Waals surface area contributed by atoms with Crippen LogP contribution in [0, 0.1) is 5.82 Å². The van der Waals surface area contributed by atoms with E-state index in [9.17, 15) is 9.18 Å². The van der Waals surface area contributed by atoms with Gasteiger partial charge in [0.25, 0.3) is 0 Å². The van der Waals surface area contributed by atoms with Crippen LogP contribution in [0.15, 0.2) is 48.5 Å². The highest BCUT2D eigenvalue weighted by Gasteiger charge is 2.44. The lowest BCUT2D eigenvalue weighted by Crippen LogP contribution is -2.58. The molecule has 2 aromatic carbocycles. The topological polar surface area (TPSA) is 38.8 Å². The van der Waals surface area contributed by atoms with Gasteiger partial charge in [-0.25, -0.2) is 4.39 Å². The average molecular weight is 479 g/mol. The maximum absolute atomic E-state index is 13.8. The quantitative estimate of drug-likeness (QED) is 0.691. The van der Waals surface area contributed by atoms with E-state index in [0.29, 0.717) is 12.5 Å². The van der Waals surface area contributed by atoms with E-state index in [1.807, 2.05) is 0 Å². The summed E-state index contributed by atoms with van der Waals surface area (Å²) in [5.41, 5.74) is 3.93. The Morgan fingerprint density at radius 2 is 1.80 bits per heavy atom. The minimum atomic E-state index is -0.292. The van der Waals surface area contributed by atoms with Crippen molar-refractivity contribution in [2.75, 3.05) is 46.8 Å². The first kappa shape index (κ1) is 24.4. The van der Waals surface area contributed by atoms with E-state index < -0.39 is 0 Å². The number of carbonyl (C=O) groups excluding carboxylic acids is 1. The second-order valence-electron chi connectivity index (χ2n) is 10.8. The average Bonchev–Trinajstić information content (AvgIpc) is 3.30. The van der Waals surface area contributed by atoms with Gasteiger partial charge in [-0.05, 0) is 88.0 Å². The molecule has 2 fully saturated rings. The third-order valence-electron chi connectivity index (χ3n) is 8.79. The van der Waals surface area contributed by atoms with Gasteiger partial charge >= 0.3 is 0 Å². The third kappa shape index (κ3) is 5.02. The molecule has 6 heteroatoms. The Kier molecular flexibility index (Phi) is 7.24. The van der Waals surface area contributed by atoms with Crippen molar-refractivity contribution in [2.24, 2.45) is 0 Å². The van der Waals surface area contributed by atoms with Gasteiger partial charge in [0, 0.05) is 37.8 Å². The number of hydrogen-bond acceptors (Lipinski definition) is 4. The fraction of sp³-hybridized carbons (Fsp3) is 0.552. The zero-order valence-electron chi connectivity index (χ0n) is 21.2. The van der Waals surface area contributed by atoms with Gasteiger partial charge in [-0.2, -0.15) is 0 Å². The van der Waals surface area contributed by atoms with Gasteiger partial charge in [0.15, 0.2) is 0 Å². The molecule has 188 valence electrons. The third-order valence-corrected chi connectivity index (χ3v) is 8.79. The van der Waals surface area contributed by atoms with E-state index in [1.165, 1.54) is 36.1 Å². The molecule has 0 aromatic heterocycles. The zero-order chi connectivity index (χ0) is 24.4. The lowest BCUT2D eigenvalue weighted by molar-refractivity contribution is -0.136. The zero-order valence-corrected chi connectivity index (χ0v) is 21.2. The molecular weight excluding hydrogens is 439 g/mol. The number of amides is 1. The van der Waals surface area contributed by atoms with Crippen LogP contribution < -0.4 is 5.32 Å². The van der Waals surface area contributed by atoms with Crippen LogP contribution in [0.1, 0.15) is 42.4 Å². The van der Waals surface area contributed by atoms with Crippen molar-refractivity contribution in [1.82, 2.24) is 20.0 Å². The molecule has 2 saturated heterocycles. The number of hydrogen-bond donors (Lipinski definition) is 1. The molecule has 3 heterocycles. The largest absolute Gasteiger partial charge is 0.341 e. The molecule has 3 aliphatic rings. The normalized spacial score (nSPS) is 23.4. The first-order valence-corrected chi connectivity index (χ1v) is 13.2. The van der Waals surface area contributed by atoms with Crippen LogP contribution in [0.4, 0.5) is 4.39 Å². The number of rotatable bonds is 6. The molecule has 0 radical (unpaired) electrons. The van der Waals surface area contributed by atoms with Crippen LogP contribution in [-0.4, -0.2) is 79.5 Å². The van der Waals surface area contributed by atoms with Crippen molar-refractivity contribution in [3.8, 4) is 0 Å². The summed E-state index contributed by atoms with van der Waals surface area (Å²) in [6.45, 7) is 4.52. The minimum absolute atomic E-state index is 0.0259. The molecule has 3 aliphatic heterocycles. The number of benzene rings is 2. The highest BCUT2D eigenvalue weighted by Crippen LogP contribution is 2.42. The number of piperidine rings is 1. The van der Waals surface area contributed by atoms with E-state index in [-0.39, 0.29) is 23.3 Å². The summed E-state index contributed by atoms with van der Waals surface area (Å²) >= 11 is 0. The predicted octanol–water partition coefficient (Wildman–Crippen LogP) is 3.43. The minimum Gasteiger partial charge on any atom is -0.341 e. The van der Waals surface area contributed by atoms with Crippen molar-refractivity contribution in [3.63, 3.8) is 0 Å². The Morgan fingerprint density at radius 3 is 2.51 bits per heavy atom. The van der Waals surface area contributed by atoms with Gasteiger partial charge in [0.1, 0.15) is 5.82 Å². The number of nitrogens with zero attached hydrogens (tertiary/aromatic N) is 3. The number of nitrogens with one attached hydrogen (secondary N) is 1. The molecule has 5 rings (SSSR count). The van der Waals surface area contributed by atoms with Crippen LogP contribution in [0.25, 0.3) is 0 Å². The van der Waals surface area contributed by atoms with Crippen molar-refractivity contribution in [2.45, 2.75) is 56.1 Å². The molecule has 0 bridgehead atoms. The molecule has 2 aromatic rings. The smallest absolute Gasteiger partial charge is 0.240 e. The second kappa shape index (κ2) is 10.4. The molecular formula is C29H39FN4O. The number of fused-ring (bicyclic) bond motifs is 2. The summed E-state index contributed by atoms with van der Waals surface area (Å²) in [5.74, 6) is -0.0630. The highest BCUT2D eigenvalue weighted by atomic mass is 19.1. The molecule has 5 nitrogen and oxygen atoms in total. The summed E-state index contributed by atoms with van der Waals surface area (Å²) in [5, 5.41) is 3.61. The van der Waals surface area contributed by atoms with Gasteiger partial charge < -0.3 is 15.1 Å².